The van der Waals surface area contributed by atoms with Crippen molar-refractivity contribution >= 4 is 0 Å². The highest BCUT2D eigenvalue weighted by atomic mass is 13.7. The minimum atomic E-state index is 0.980. The van der Waals surface area contributed by atoms with E-state index in [0.29, 0.717) is 0 Å². The van der Waals surface area contributed by atoms with Crippen molar-refractivity contribution in [2.45, 2.75) is 19.8 Å². The van der Waals surface area contributed by atoms with Gasteiger partial charge >= 0.3 is 0 Å². The first-order valence-corrected chi connectivity index (χ1v) is 3.65. The minimum Gasteiger partial charge on any atom is -0.0877 e. The Morgan fingerprint density at radius 2 is 1.80 bits per heavy atom. The van der Waals surface area contributed by atoms with E-state index in [9.17, 15) is 0 Å². The van der Waals surface area contributed by atoms with Crippen molar-refractivity contribution in [3.05, 3.63) is 43.4 Å². The number of allylic oxidation sites excluding steroid dienone is 6. The molecule has 0 saturated heterocycles. The van der Waals surface area contributed by atoms with Crippen LogP contribution in [-0.2, 0) is 0 Å². The molecule has 10 heavy (non-hydrogen) atoms. The highest BCUT2D eigenvalue weighted by molar-refractivity contribution is 5.10. The Hall–Kier alpha value is -0.780. The van der Waals surface area contributed by atoms with Crippen LogP contribution in [0, 0.1) is 6.92 Å². The fourth-order valence-corrected chi connectivity index (χ4v) is 0.532. The fourth-order valence-electron chi connectivity index (χ4n) is 0.532. The number of hydrogen-bond donors (Lipinski definition) is 0. The van der Waals surface area contributed by atoms with Gasteiger partial charge in [0.15, 0.2) is 0 Å². The van der Waals surface area contributed by atoms with E-state index in [1.54, 1.807) is 0 Å². The second-order valence-electron chi connectivity index (χ2n) is 1.98. The monoisotopic (exact) mass is 135 g/mol. The molecule has 55 valence electrons. The lowest BCUT2D eigenvalue weighted by molar-refractivity contribution is 1.05. The Balaban J connectivity index is 3.32. The topological polar surface area (TPSA) is 0 Å². The van der Waals surface area contributed by atoms with Gasteiger partial charge in [0.1, 0.15) is 0 Å². The molecule has 0 aromatic rings. The largest absolute Gasteiger partial charge is 0.0877 e. The van der Waals surface area contributed by atoms with E-state index < -0.39 is 0 Å². The summed E-state index contributed by atoms with van der Waals surface area (Å²) in [7, 11) is 0. The Morgan fingerprint density at radius 3 is 2.40 bits per heavy atom. The first-order chi connectivity index (χ1) is 4.91. The van der Waals surface area contributed by atoms with E-state index in [2.05, 4.69) is 13.0 Å². The van der Waals surface area contributed by atoms with Gasteiger partial charge in [-0.15, -0.1) is 0 Å². The molecule has 0 unspecified atom stereocenters. The summed E-state index contributed by atoms with van der Waals surface area (Å²) >= 11 is 0. The van der Waals surface area contributed by atoms with Crippen LogP contribution in [0.1, 0.15) is 19.8 Å². The van der Waals surface area contributed by atoms with E-state index in [4.69, 9.17) is 0 Å². The summed E-state index contributed by atoms with van der Waals surface area (Å²) in [6.07, 6.45) is 14.3. The first kappa shape index (κ1) is 9.22. The van der Waals surface area contributed by atoms with Gasteiger partial charge in [0.05, 0.1) is 0 Å². The highest BCUT2D eigenvalue weighted by Gasteiger charge is 1.68. The summed E-state index contributed by atoms with van der Waals surface area (Å²) < 4.78 is 0. The molecule has 0 aliphatic rings. The van der Waals surface area contributed by atoms with Crippen LogP contribution in [0.15, 0.2) is 36.5 Å². The van der Waals surface area contributed by atoms with Crippen LogP contribution in [0.4, 0.5) is 0 Å². The Labute approximate surface area is 64.0 Å². The van der Waals surface area contributed by atoms with Crippen LogP contribution in [0.5, 0.6) is 0 Å². The first-order valence-electron chi connectivity index (χ1n) is 3.65. The molecule has 0 heterocycles. The van der Waals surface area contributed by atoms with Gasteiger partial charge < -0.3 is 0 Å². The zero-order valence-corrected chi connectivity index (χ0v) is 6.59. The SMILES string of the molecule is [CH2]CC/C=C/C=C/C=C/C. The van der Waals surface area contributed by atoms with Crippen LogP contribution in [0.25, 0.3) is 0 Å². The zero-order valence-electron chi connectivity index (χ0n) is 6.59. The summed E-state index contributed by atoms with van der Waals surface area (Å²) in [5.41, 5.74) is 0. The van der Waals surface area contributed by atoms with Crippen LogP contribution in [-0.4, -0.2) is 0 Å². The van der Waals surface area contributed by atoms with Crippen LogP contribution in [0.2, 0.25) is 0 Å². The molecule has 0 aliphatic carbocycles. The summed E-state index contributed by atoms with van der Waals surface area (Å²) in [6.45, 7) is 5.73. The van der Waals surface area contributed by atoms with Gasteiger partial charge in [-0.2, -0.15) is 0 Å². The van der Waals surface area contributed by atoms with E-state index >= 15 is 0 Å². The smallest absolute Gasteiger partial charge is 0.0348 e. The van der Waals surface area contributed by atoms with Crippen molar-refractivity contribution in [2.75, 3.05) is 0 Å². The molecule has 0 nitrogen and oxygen atoms in total. The maximum Gasteiger partial charge on any atom is -0.0348 e. The second-order valence-corrected chi connectivity index (χ2v) is 1.98. The van der Waals surface area contributed by atoms with E-state index in [1.807, 2.05) is 37.3 Å². The maximum atomic E-state index is 3.73. The lowest BCUT2D eigenvalue weighted by Gasteiger charge is -1.78. The minimum absolute atomic E-state index is 0.980. The van der Waals surface area contributed by atoms with Crippen molar-refractivity contribution in [1.82, 2.24) is 0 Å². The molecule has 0 heteroatoms. The molecular formula is C10H15. The average Bonchev–Trinajstić information content (AvgIpc) is 1.97. The maximum absolute atomic E-state index is 3.73. The van der Waals surface area contributed by atoms with Crippen molar-refractivity contribution < 1.29 is 0 Å². The highest BCUT2D eigenvalue weighted by Crippen LogP contribution is 1.88. The van der Waals surface area contributed by atoms with E-state index in [0.717, 1.165) is 12.8 Å². The fraction of sp³-hybridized carbons (Fsp3) is 0.300. The molecule has 0 aromatic heterocycles. The molecule has 0 bridgehead atoms. The van der Waals surface area contributed by atoms with Gasteiger partial charge in [0.2, 0.25) is 0 Å². The van der Waals surface area contributed by atoms with Crippen molar-refractivity contribution in [3.8, 4) is 0 Å². The second kappa shape index (κ2) is 8.22. The number of unbranched alkanes of at least 4 members (excludes halogenated alkanes) is 1. The van der Waals surface area contributed by atoms with Crippen molar-refractivity contribution in [1.29, 1.82) is 0 Å². The Kier molecular flexibility index (Phi) is 7.58. The molecule has 0 aliphatic heterocycles. The molecular weight excluding hydrogens is 120 g/mol. The summed E-state index contributed by atoms with van der Waals surface area (Å²) in [5, 5.41) is 0. The summed E-state index contributed by atoms with van der Waals surface area (Å²) in [4.78, 5) is 0. The third-order valence-corrected chi connectivity index (χ3v) is 1.03. The standard InChI is InChI=1S/C10H15/c1-3-5-7-9-10-8-6-4-2/h4,6-10H,1,3,5H2,2H3/b6-4+,9-7+,10-8+. The van der Waals surface area contributed by atoms with Gasteiger partial charge in [0, 0.05) is 0 Å². The van der Waals surface area contributed by atoms with E-state index in [-0.39, 0.29) is 0 Å². The summed E-state index contributed by atoms with van der Waals surface area (Å²) in [6, 6.07) is 0. The number of hydrogen-bond acceptors (Lipinski definition) is 0. The Morgan fingerprint density at radius 1 is 1.10 bits per heavy atom. The van der Waals surface area contributed by atoms with Crippen LogP contribution in [0.3, 0.4) is 0 Å². The lowest BCUT2D eigenvalue weighted by Crippen LogP contribution is -1.58. The zero-order chi connectivity index (χ0) is 7.66. The molecule has 0 N–H and O–H groups in total. The lowest BCUT2D eigenvalue weighted by atomic mass is 10.3. The third kappa shape index (κ3) is 7.22. The predicted molar refractivity (Wildman–Crippen MR) is 47.7 cm³/mol. The molecule has 1 radical (unpaired) electrons. The van der Waals surface area contributed by atoms with E-state index in [1.165, 1.54) is 0 Å². The van der Waals surface area contributed by atoms with Crippen LogP contribution >= 0.6 is 0 Å². The average molecular weight is 135 g/mol. The normalized spacial score (nSPS) is 12.6. The van der Waals surface area contributed by atoms with Crippen molar-refractivity contribution in [3.63, 3.8) is 0 Å². The number of rotatable bonds is 4. The van der Waals surface area contributed by atoms with Gasteiger partial charge in [-0.25, -0.2) is 0 Å². The van der Waals surface area contributed by atoms with Gasteiger partial charge in [-0.1, -0.05) is 43.4 Å². The van der Waals surface area contributed by atoms with Gasteiger partial charge in [0.25, 0.3) is 0 Å². The molecule has 0 fully saturated rings. The predicted octanol–water partition coefficient (Wildman–Crippen LogP) is 3.29. The van der Waals surface area contributed by atoms with Crippen molar-refractivity contribution in [2.24, 2.45) is 0 Å². The molecule has 0 amide bonds. The van der Waals surface area contributed by atoms with Gasteiger partial charge in [-0.3, -0.25) is 0 Å². The van der Waals surface area contributed by atoms with Crippen LogP contribution < -0.4 is 0 Å². The summed E-state index contributed by atoms with van der Waals surface area (Å²) in [5.74, 6) is 0. The quantitative estimate of drug-likeness (QED) is 0.519. The molecule has 0 rings (SSSR count). The molecule has 0 spiro atoms. The molecule has 0 atom stereocenters. The Bertz CT molecular complexity index is 127. The molecule has 0 saturated carbocycles. The molecule has 0 aromatic carbocycles. The third-order valence-electron chi connectivity index (χ3n) is 1.03. The van der Waals surface area contributed by atoms with Gasteiger partial charge in [-0.05, 0) is 19.8 Å².